The van der Waals surface area contributed by atoms with Crippen molar-refractivity contribution in [3.05, 3.63) is 22.4 Å². The largest absolute Gasteiger partial charge is 0.481 e. The third-order valence-electron chi connectivity index (χ3n) is 1.76. The molecule has 17 heavy (non-hydrogen) atoms. The van der Waals surface area contributed by atoms with Gasteiger partial charge in [0.1, 0.15) is 4.60 Å². The van der Waals surface area contributed by atoms with Gasteiger partial charge >= 0.3 is 5.97 Å². The van der Waals surface area contributed by atoms with Gasteiger partial charge in [0.15, 0.2) is 0 Å². The number of nitrogens with zero attached hydrogens (tertiary/aromatic N) is 1. The Kier molecular flexibility index (Phi) is 5.43. The van der Waals surface area contributed by atoms with Gasteiger partial charge in [0.2, 0.25) is 5.91 Å². The lowest BCUT2D eigenvalue weighted by atomic mass is 10.3. The Morgan fingerprint density at radius 3 is 2.82 bits per heavy atom. The zero-order valence-electron chi connectivity index (χ0n) is 9.07. The minimum Gasteiger partial charge on any atom is -0.481 e. The van der Waals surface area contributed by atoms with Crippen molar-refractivity contribution >= 4 is 45.3 Å². The summed E-state index contributed by atoms with van der Waals surface area (Å²) >= 11 is 4.32. The number of aliphatic carboxylic acids is 1. The maximum absolute atomic E-state index is 11.4. The molecule has 0 aliphatic heterocycles. The lowest BCUT2D eigenvalue weighted by Gasteiger charge is -2.05. The molecule has 0 radical (unpaired) electrons. The summed E-state index contributed by atoms with van der Waals surface area (Å²) in [4.78, 5) is 25.7. The number of hydrogen-bond donors (Lipinski definition) is 2. The molecular weight excluding hydrogens is 308 g/mol. The highest BCUT2D eigenvalue weighted by Gasteiger charge is 2.06. The molecule has 0 unspecified atom stereocenters. The molecular formula is C10H11BrN2O3S. The summed E-state index contributed by atoms with van der Waals surface area (Å²) in [6.45, 7) is 1.87. The summed E-state index contributed by atoms with van der Waals surface area (Å²) in [5.41, 5.74) is 1.52. The molecule has 0 fully saturated rings. The van der Waals surface area contributed by atoms with E-state index in [1.165, 1.54) is 6.20 Å². The van der Waals surface area contributed by atoms with E-state index in [9.17, 15) is 9.59 Å². The van der Waals surface area contributed by atoms with E-state index < -0.39 is 5.97 Å². The average Bonchev–Trinajstić information content (AvgIpc) is 2.23. The van der Waals surface area contributed by atoms with Gasteiger partial charge in [-0.15, -0.1) is 11.8 Å². The van der Waals surface area contributed by atoms with Crippen LogP contribution in [0.5, 0.6) is 0 Å². The third kappa shape index (κ3) is 5.18. The molecule has 1 amide bonds. The molecule has 0 aliphatic rings. The van der Waals surface area contributed by atoms with Crippen molar-refractivity contribution in [1.29, 1.82) is 0 Å². The van der Waals surface area contributed by atoms with Crippen LogP contribution in [-0.2, 0) is 9.59 Å². The summed E-state index contributed by atoms with van der Waals surface area (Å²) in [5, 5.41) is 11.1. The molecule has 0 aromatic carbocycles. The van der Waals surface area contributed by atoms with E-state index in [0.29, 0.717) is 5.69 Å². The van der Waals surface area contributed by atoms with E-state index in [0.717, 1.165) is 21.9 Å². The first-order chi connectivity index (χ1) is 7.99. The van der Waals surface area contributed by atoms with Gasteiger partial charge < -0.3 is 10.4 Å². The maximum Gasteiger partial charge on any atom is 0.313 e. The van der Waals surface area contributed by atoms with Gasteiger partial charge in [-0.1, -0.05) is 0 Å². The van der Waals surface area contributed by atoms with Gasteiger partial charge in [-0.2, -0.15) is 0 Å². The Hall–Kier alpha value is -1.08. The second-order valence-corrected chi connectivity index (χ2v) is 5.00. The van der Waals surface area contributed by atoms with Crippen LogP contribution < -0.4 is 5.32 Å². The average molecular weight is 319 g/mol. The van der Waals surface area contributed by atoms with Crippen LogP contribution in [-0.4, -0.2) is 33.5 Å². The van der Waals surface area contributed by atoms with E-state index >= 15 is 0 Å². The number of rotatable bonds is 5. The monoisotopic (exact) mass is 318 g/mol. The summed E-state index contributed by atoms with van der Waals surface area (Å²) < 4.78 is 0.732. The van der Waals surface area contributed by atoms with Gasteiger partial charge in [0.05, 0.1) is 23.4 Å². The molecule has 0 saturated carbocycles. The number of hydrogen-bond acceptors (Lipinski definition) is 4. The Morgan fingerprint density at radius 2 is 2.24 bits per heavy atom. The van der Waals surface area contributed by atoms with Crippen molar-refractivity contribution in [2.24, 2.45) is 0 Å². The lowest BCUT2D eigenvalue weighted by Crippen LogP contribution is -2.15. The van der Waals surface area contributed by atoms with Crippen molar-refractivity contribution in [2.45, 2.75) is 6.92 Å². The van der Waals surface area contributed by atoms with Crippen LogP contribution in [0.2, 0.25) is 0 Å². The second kappa shape index (κ2) is 6.61. The number of carboxylic acid groups (broad SMARTS) is 1. The van der Waals surface area contributed by atoms with Crippen molar-refractivity contribution in [3.63, 3.8) is 0 Å². The number of amides is 1. The quantitative estimate of drug-likeness (QED) is 0.811. The standard InChI is InChI=1S/C10H11BrN2O3S/c1-6-2-7(3-12-10(6)11)13-8(14)4-17-5-9(15)16/h2-3H,4-5H2,1H3,(H,13,14)(H,15,16). The van der Waals surface area contributed by atoms with Crippen molar-refractivity contribution in [2.75, 3.05) is 16.8 Å². The number of pyridine rings is 1. The molecule has 5 nitrogen and oxygen atoms in total. The van der Waals surface area contributed by atoms with E-state index in [1.54, 1.807) is 6.07 Å². The van der Waals surface area contributed by atoms with Crippen LogP contribution in [0.1, 0.15) is 5.56 Å². The molecule has 0 aliphatic carbocycles. The smallest absolute Gasteiger partial charge is 0.313 e. The van der Waals surface area contributed by atoms with Gasteiger partial charge in [0, 0.05) is 0 Å². The molecule has 7 heteroatoms. The molecule has 1 rings (SSSR count). The summed E-state index contributed by atoms with van der Waals surface area (Å²) in [6, 6.07) is 1.79. The fraction of sp³-hybridized carbons (Fsp3) is 0.300. The fourth-order valence-corrected chi connectivity index (χ4v) is 1.81. The molecule has 0 saturated heterocycles. The van der Waals surface area contributed by atoms with E-state index in [4.69, 9.17) is 5.11 Å². The number of carbonyl (C=O) groups is 2. The van der Waals surface area contributed by atoms with Crippen molar-refractivity contribution < 1.29 is 14.7 Å². The summed E-state index contributed by atoms with van der Waals surface area (Å²) in [7, 11) is 0. The van der Waals surface area contributed by atoms with Gasteiger partial charge in [-0.05, 0) is 34.5 Å². The van der Waals surface area contributed by atoms with Crippen LogP contribution in [0.15, 0.2) is 16.9 Å². The van der Waals surface area contributed by atoms with Gasteiger partial charge in [-0.25, -0.2) is 4.98 Å². The Balaban J connectivity index is 2.45. The number of anilines is 1. The number of nitrogens with one attached hydrogen (secondary N) is 1. The minimum atomic E-state index is -0.927. The van der Waals surface area contributed by atoms with Crippen LogP contribution in [0, 0.1) is 6.92 Å². The van der Waals surface area contributed by atoms with Crippen molar-refractivity contribution in [3.8, 4) is 0 Å². The number of aromatic nitrogens is 1. The highest BCUT2D eigenvalue weighted by atomic mass is 79.9. The normalized spacial score (nSPS) is 10.0. The second-order valence-electron chi connectivity index (χ2n) is 3.27. The SMILES string of the molecule is Cc1cc(NC(=O)CSCC(=O)O)cnc1Br. The fourth-order valence-electron chi connectivity index (χ4n) is 1.05. The van der Waals surface area contributed by atoms with Gasteiger partial charge in [0.25, 0.3) is 0 Å². The molecule has 0 atom stereocenters. The van der Waals surface area contributed by atoms with E-state index in [2.05, 4.69) is 26.2 Å². The molecule has 1 heterocycles. The maximum atomic E-state index is 11.4. The summed E-state index contributed by atoms with van der Waals surface area (Å²) in [5.74, 6) is -1.13. The highest BCUT2D eigenvalue weighted by molar-refractivity contribution is 9.10. The molecule has 0 spiro atoms. The first-order valence-corrected chi connectivity index (χ1v) is 6.65. The van der Waals surface area contributed by atoms with Gasteiger partial charge in [-0.3, -0.25) is 9.59 Å². The predicted octanol–water partition coefficient (Wildman–Crippen LogP) is 1.91. The number of carboxylic acids is 1. The minimum absolute atomic E-state index is 0.0783. The van der Waals surface area contributed by atoms with Crippen LogP contribution in [0.3, 0.4) is 0 Å². The van der Waals surface area contributed by atoms with Crippen LogP contribution in [0.25, 0.3) is 0 Å². The van der Waals surface area contributed by atoms with E-state index in [-0.39, 0.29) is 17.4 Å². The zero-order chi connectivity index (χ0) is 12.8. The number of thioether (sulfide) groups is 1. The van der Waals surface area contributed by atoms with E-state index in [1.807, 2.05) is 6.92 Å². The Bertz CT molecular complexity index is 440. The third-order valence-corrected chi connectivity index (χ3v) is 3.50. The topological polar surface area (TPSA) is 79.3 Å². The number of carbonyl (C=O) groups excluding carboxylic acids is 1. The molecule has 1 aromatic heterocycles. The number of aryl methyl sites for hydroxylation is 1. The molecule has 92 valence electrons. The zero-order valence-corrected chi connectivity index (χ0v) is 11.5. The first-order valence-electron chi connectivity index (χ1n) is 4.70. The molecule has 2 N–H and O–H groups in total. The van der Waals surface area contributed by atoms with Crippen molar-refractivity contribution in [1.82, 2.24) is 4.98 Å². The lowest BCUT2D eigenvalue weighted by molar-refractivity contribution is -0.133. The van der Waals surface area contributed by atoms with Crippen LogP contribution >= 0.6 is 27.7 Å². The van der Waals surface area contributed by atoms with Crippen LogP contribution in [0.4, 0.5) is 5.69 Å². The molecule has 1 aromatic rings. The molecule has 0 bridgehead atoms. The Labute approximate surface area is 111 Å². The first kappa shape index (κ1) is 14.0. The Morgan fingerprint density at radius 1 is 1.53 bits per heavy atom. The number of halogens is 1. The summed E-state index contributed by atoms with van der Waals surface area (Å²) in [6.07, 6.45) is 1.54. The highest BCUT2D eigenvalue weighted by Crippen LogP contribution is 2.16. The predicted molar refractivity (Wildman–Crippen MR) is 70.3 cm³/mol.